The van der Waals surface area contributed by atoms with Gasteiger partial charge in [-0.3, -0.25) is 4.79 Å². The van der Waals surface area contributed by atoms with Crippen LogP contribution in [-0.4, -0.2) is 15.9 Å². The van der Waals surface area contributed by atoms with Gasteiger partial charge in [0.05, 0.1) is 11.3 Å². The molecule has 0 bridgehead atoms. The van der Waals surface area contributed by atoms with E-state index >= 15 is 0 Å². The van der Waals surface area contributed by atoms with Gasteiger partial charge in [0, 0.05) is 11.8 Å². The van der Waals surface area contributed by atoms with Crippen molar-refractivity contribution in [3.63, 3.8) is 0 Å². The number of rotatable bonds is 3. The highest BCUT2D eigenvalue weighted by Crippen LogP contribution is 2.29. The van der Waals surface area contributed by atoms with Gasteiger partial charge in [-0.05, 0) is 50.2 Å². The van der Waals surface area contributed by atoms with Crippen molar-refractivity contribution in [1.82, 2.24) is 9.97 Å². The minimum Gasteiger partial charge on any atom is -0.434 e. The van der Waals surface area contributed by atoms with E-state index in [0.29, 0.717) is 33.9 Å². The average molecular weight is 343 g/mol. The van der Waals surface area contributed by atoms with Crippen molar-refractivity contribution in [3.8, 4) is 11.5 Å². The molecule has 0 aliphatic rings. The van der Waals surface area contributed by atoms with Crippen molar-refractivity contribution in [2.75, 3.05) is 5.32 Å². The number of anilines is 1. The maximum atomic E-state index is 12.7. The van der Waals surface area contributed by atoms with Crippen molar-refractivity contribution in [2.45, 2.75) is 13.8 Å². The van der Waals surface area contributed by atoms with Gasteiger partial charge in [-0.1, -0.05) is 29.3 Å². The highest BCUT2D eigenvalue weighted by molar-refractivity contribution is 6.06. The summed E-state index contributed by atoms with van der Waals surface area (Å²) in [6.07, 6.45) is 1.67. The Morgan fingerprint density at radius 2 is 1.77 bits per heavy atom. The van der Waals surface area contributed by atoms with Gasteiger partial charge < -0.3 is 9.73 Å². The zero-order valence-corrected chi connectivity index (χ0v) is 14.5. The molecule has 26 heavy (non-hydrogen) atoms. The Bertz CT molecular complexity index is 1060. The lowest BCUT2D eigenvalue weighted by Gasteiger charge is -2.10. The second-order valence-corrected chi connectivity index (χ2v) is 6.22. The lowest BCUT2D eigenvalue weighted by molar-refractivity contribution is 0.102. The summed E-state index contributed by atoms with van der Waals surface area (Å²) in [5.41, 5.74) is 5.22. The predicted octanol–water partition coefficient (Wildman–Crippen LogP) is 4.76. The van der Waals surface area contributed by atoms with Crippen LogP contribution < -0.4 is 5.32 Å². The molecule has 0 fully saturated rings. The van der Waals surface area contributed by atoms with E-state index in [4.69, 9.17) is 4.42 Å². The normalized spacial score (nSPS) is 10.8. The Hall–Kier alpha value is -3.47. The number of nitrogens with one attached hydrogen (secondary N) is 1. The summed E-state index contributed by atoms with van der Waals surface area (Å²) in [7, 11) is 0. The molecule has 5 heteroatoms. The third-order valence-electron chi connectivity index (χ3n) is 4.05. The van der Waals surface area contributed by atoms with Crippen LogP contribution in [-0.2, 0) is 0 Å². The summed E-state index contributed by atoms with van der Waals surface area (Å²) < 4.78 is 5.80. The van der Waals surface area contributed by atoms with E-state index in [-0.39, 0.29) is 5.91 Å². The fourth-order valence-corrected chi connectivity index (χ4v) is 2.96. The summed E-state index contributed by atoms with van der Waals surface area (Å²) in [5.74, 6) is 0.258. The Morgan fingerprint density at radius 3 is 2.54 bits per heavy atom. The molecule has 1 N–H and O–H groups in total. The molecule has 128 valence electrons. The number of carbonyl (C=O) groups is 1. The summed E-state index contributed by atoms with van der Waals surface area (Å²) >= 11 is 0. The summed E-state index contributed by atoms with van der Waals surface area (Å²) in [5, 5.41) is 2.96. The van der Waals surface area contributed by atoms with Gasteiger partial charge in [0.15, 0.2) is 11.2 Å². The lowest BCUT2D eigenvalue weighted by Crippen LogP contribution is -2.13. The number of nitrogens with zero attached hydrogens (tertiary/aromatic N) is 2. The summed E-state index contributed by atoms with van der Waals surface area (Å²) in [4.78, 5) is 21.3. The number of hydrogen-bond donors (Lipinski definition) is 1. The number of hydrogen-bond acceptors (Lipinski definition) is 4. The number of pyridine rings is 1. The highest BCUT2D eigenvalue weighted by Gasteiger charge is 2.15. The number of para-hydroxylation sites is 1. The molecule has 0 unspecified atom stereocenters. The Balaban J connectivity index is 1.70. The number of amides is 1. The molecule has 5 nitrogen and oxygen atoms in total. The van der Waals surface area contributed by atoms with Gasteiger partial charge in [0.25, 0.3) is 5.91 Å². The van der Waals surface area contributed by atoms with Crippen molar-refractivity contribution in [1.29, 1.82) is 0 Å². The van der Waals surface area contributed by atoms with E-state index in [9.17, 15) is 4.79 Å². The zero-order valence-electron chi connectivity index (χ0n) is 14.5. The van der Waals surface area contributed by atoms with Crippen LogP contribution in [0.1, 0.15) is 21.5 Å². The van der Waals surface area contributed by atoms with Crippen molar-refractivity contribution < 1.29 is 9.21 Å². The zero-order chi connectivity index (χ0) is 18.1. The van der Waals surface area contributed by atoms with E-state index in [2.05, 4.69) is 15.3 Å². The Morgan fingerprint density at radius 1 is 1.00 bits per heavy atom. The van der Waals surface area contributed by atoms with Gasteiger partial charge in [-0.2, -0.15) is 4.98 Å². The van der Waals surface area contributed by atoms with Crippen LogP contribution >= 0.6 is 0 Å². The molecule has 4 aromatic rings. The molecule has 0 saturated heterocycles. The van der Waals surface area contributed by atoms with E-state index in [1.807, 2.05) is 62.4 Å². The van der Waals surface area contributed by atoms with Gasteiger partial charge in [-0.15, -0.1) is 0 Å². The third kappa shape index (κ3) is 3.07. The summed E-state index contributed by atoms with van der Waals surface area (Å²) in [6.45, 7) is 3.95. The van der Waals surface area contributed by atoms with Gasteiger partial charge in [0.1, 0.15) is 0 Å². The van der Waals surface area contributed by atoms with E-state index in [1.165, 1.54) is 0 Å². The fourth-order valence-electron chi connectivity index (χ4n) is 2.96. The lowest BCUT2D eigenvalue weighted by atomic mass is 10.1. The molecule has 2 heterocycles. The van der Waals surface area contributed by atoms with Crippen molar-refractivity contribution in [3.05, 3.63) is 77.5 Å². The molecule has 0 aliphatic carbocycles. The maximum Gasteiger partial charge on any atom is 0.255 e. The smallest absolute Gasteiger partial charge is 0.255 e. The molecule has 0 spiro atoms. The van der Waals surface area contributed by atoms with Crippen LogP contribution in [0, 0.1) is 13.8 Å². The molecule has 0 atom stereocenters. The van der Waals surface area contributed by atoms with Crippen molar-refractivity contribution in [2.24, 2.45) is 0 Å². The molecule has 1 amide bonds. The first kappa shape index (κ1) is 16.0. The number of fused-ring (bicyclic) bond motifs is 1. The second kappa shape index (κ2) is 6.44. The van der Waals surface area contributed by atoms with E-state index in [1.54, 1.807) is 12.3 Å². The molecule has 4 rings (SSSR count). The number of aryl methyl sites for hydroxylation is 2. The van der Waals surface area contributed by atoms with E-state index in [0.717, 1.165) is 11.1 Å². The Labute approximate surface area is 150 Å². The molecule has 2 aromatic heterocycles. The van der Waals surface area contributed by atoms with Crippen LogP contribution in [0.5, 0.6) is 0 Å². The van der Waals surface area contributed by atoms with Crippen LogP contribution in [0.25, 0.3) is 22.7 Å². The standard InChI is InChI=1S/C21H17N3O2/c1-13-10-14(2)12-15(11-13)20(25)23-17-7-4-3-6-16(17)21-24-19-18(26-21)8-5-9-22-19/h3-12H,1-2H3,(H,23,25). The van der Waals surface area contributed by atoms with Crippen molar-refractivity contribution >= 4 is 22.8 Å². The number of oxazole rings is 1. The molecular formula is C21H17N3O2. The summed E-state index contributed by atoms with van der Waals surface area (Å²) in [6, 6.07) is 16.8. The van der Waals surface area contributed by atoms with Gasteiger partial charge in [-0.25, -0.2) is 4.98 Å². The average Bonchev–Trinajstić information content (AvgIpc) is 3.05. The largest absolute Gasteiger partial charge is 0.434 e. The molecule has 0 aliphatic heterocycles. The Kier molecular flexibility index (Phi) is 3.97. The quantitative estimate of drug-likeness (QED) is 0.582. The topological polar surface area (TPSA) is 68.0 Å². The third-order valence-corrected chi connectivity index (χ3v) is 4.05. The SMILES string of the molecule is Cc1cc(C)cc(C(=O)Nc2ccccc2-c2nc3ncccc3o2)c1. The monoisotopic (exact) mass is 343 g/mol. The molecule has 2 aromatic carbocycles. The first-order valence-corrected chi connectivity index (χ1v) is 8.31. The van der Waals surface area contributed by atoms with Gasteiger partial charge in [0.2, 0.25) is 5.89 Å². The van der Waals surface area contributed by atoms with Crippen LogP contribution in [0.2, 0.25) is 0 Å². The fraction of sp³-hybridized carbons (Fsp3) is 0.0952. The van der Waals surface area contributed by atoms with Gasteiger partial charge >= 0.3 is 0 Å². The number of aromatic nitrogens is 2. The van der Waals surface area contributed by atoms with Crippen LogP contribution in [0.15, 0.2) is 65.2 Å². The molecule has 0 saturated carbocycles. The molecule has 0 radical (unpaired) electrons. The van der Waals surface area contributed by atoms with Crippen LogP contribution in [0.3, 0.4) is 0 Å². The van der Waals surface area contributed by atoms with E-state index < -0.39 is 0 Å². The minimum absolute atomic E-state index is 0.168. The molecular weight excluding hydrogens is 326 g/mol. The minimum atomic E-state index is -0.168. The maximum absolute atomic E-state index is 12.7. The predicted molar refractivity (Wildman–Crippen MR) is 101 cm³/mol. The first-order chi connectivity index (χ1) is 12.6. The number of benzene rings is 2. The second-order valence-electron chi connectivity index (χ2n) is 6.22. The first-order valence-electron chi connectivity index (χ1n) is 8.31. The number of carbonyl (C=O) groups excluding carboxylic acids is 1. The van der Waals surface area contributed by atoms with Crippen LogP contribution in [0.4, 0.5) is 5.69 Å². The highest BCUT2D eigenvalue weighted by atomic mass is 16.3.